The Balaban J connectivity index is 2.12. The number of rotatable bonds is 3. The summed E-state index contributed by atoms with van der Waals surface area (Å²) in [6.45, 7) is 3.55. The number of esters is 1. The molecule has 2 aromatic rings. The van der Waals surface area contributed by atoms with Crippen LogP contribution in [-0.4, -0.2) is 16.2 Å². The SMILES string of the molecule is Cc1cc(C(=O)OC(C)c2ccc(Cl)cc2Cl)n[nH]1. The van der Waals surface area contributed by atoms with E-state index in [9.17, 15) is 4.79 Å². The van der Waals surface area contributed by atoms with Gasteiger partial charge in [-0.3, -0.25) is 5.10 Å². The number of nitrogens with zero attached hydrogens (tertiary/aromatic N) is 1. The van der Waals surface area contributed by atoms with Gasteiger partial charge >= 0.3 is 5.97 Å². The second-order valence-corrected chi connectivity index (χ2v) is 4.99. The number of benzene rings is 1. The first-order valence-corrected chi connectivity index (χ1v) is 6.41. The Morgan fingerprint density at radius 1 is 1.37 bits per heavy atom. The Morgan fingerprint density at radius 3 is 2.68 bits per heavy atom. The number of aromatic nitrogens is 2. The van der Waals surface area contributed by atoms with Crippen molar-refractivity contribution in [3.05, 3.63) is 51.3 Å². The van der Waals surface area contributed by atoms with Gasteiger partial charge in [0.05, 0.1) is 0 Å². The average molecular weight is 299 g/mol. The summed E-state index contributed by atoms with van der Waals surface area (Å²) in [6.07, 6.45) is -0.478. The second-order valence-electron chi connectivity index (χ2n) is 4.15. The molecule has 1 unspecified atom stereocenters. The van der Waals surface area contributed by atoms with Crippen molar-refractivity contribution in [3.8, 4) is 0 Å². The Kier molecular flexibility index (Phi) is 4.12. The van der Waals surface area contributed by atoms with Crippen molar-refractivity contribution < 1.29 is 9.53 Å². The predicted molar refractivity (Wildman–Crippen MR) is 73.6 cm³/mol. The molecule has 0 saturated heterocycles. The van der Waals surface area contributed by atoms with E-state index in [1.54, 1.807) is 31.2 Å². The molecule has 0 bridgehead atoms. The summed E-state index contributed by atoms with van der Waals surface area (Å²) < 4.78 is 5.31. The first kappa shape index (κ1) is 13.9. The quantitative estimate of drug-likeness (QED) is 0.873. The number of ether oxygens (including phenoxy) is 1. The van der Waals surface area contributed by atoms with Crippen LogP contribution in [0.3, 0.4) is 0 Å². The summed E-state index contributed by atoms with van der Waals surface area (Å²) in [4.78, 5) is 11.8. The van der Waals surface area contributed by atoms with Crippen molar-refractivity contribution in [1.82, 2.24) is 10.2 Å². The molecule has 1 aromatic heterocycles. The molecule has 0 amide bonds. The van der Waals surface area contributed by atoms with Crippen molar-refractivity contribution >= 4 is 29.2 Å². The first-order chi connectivity index (χ1) is 8.97. The second kappa shape index (κ2) is 5.63. The smallest absolute Gasteiger partial charge is 0.359 e. The fourth-order valence-electron chi connectivity index (χ4n) is 1.64. The molecule has 0 fully saturated rings. The average Bonchev–Trinajstić information content (AvgIpc) is 2.75. The van der Waals surface area contributed by atoms with E-state index >= 15 is 0 Å². The van der Waals surface area contributed by atoms with E-state index in [0.29, 0.717) is 15.6 Å². The molecule has 0 radical (unpaired) electrons. The molecule has 100 valence electrons. The van der Waals surface area contributed by atoms with Crippen molar-refractivity contribution in [2.24, 2.45) is 0 Å². The van der Waals surface area contributed by atoms with E-state index in [0.717, 1.165) is 5.69 Å². The molecule has 1 N–H and O–H groups in total. The predicted octanol–water partition coefficient (Wildman–Crippen LogP) is 3.94. The van der Waals surface area contributed by atoms with Gasteiger partial charge in [-0.2, -0.15) is 5.10 Å². The topological polar surface area (TPSA) is 55.0 Å². The minimum atomic E-state index is -0.497. The molecule has 0 spiro atoms. The number of aromatic amines is 1. The number of nitrogens with one attached hydrogen (secondary N) is 1. The summed E-state index contributed by atoms with van der Waals surface area (Å²) in [7, 11) is 0. The zero-order chi connectivity index (χ0) is 14.0. The zero-order valence-electron chi connectivity index (χ0n) is 10.4. The van der Waals surface area contributed by atoms with Gasteiger partial charge < -0.3 is 4.74 Å². The molecule has 0 aliphatic heterocycles. The minimum Gasteiger partial charge on any atom is -0.453 e. The fourth-order valence-corrected chi connectivity index (χ4v) is 2.20. The Morgan fingerprint density at radius 2 is 2.11 bits per heavy atom. The van der Waals surface area contributed by atoms with Gasteiger partial charge in [-0.15, -0.1) is 0 Å². The van der Waals surface area contributed by atoms with Crippen LogP contribution in [0.4, 0.5) is 0 Å². The highest BCUT2D eigenvalue weighted by molar-refractivity contribution is 6.35. The Hall–Kier alpha value is -1.52. The zero-order valence-corrected chi connectivity index (χ0v) is 11.9. The normalized spacial score (nSPS) is 12.2. The van der Waals surface area contributed by atoms with Gasteiger partial charge in [-0.1, -0.05) is 29.3 Å². The van der Waals surface area contributed by atoms with E-state index in [1.807, 2.05) is 6.92 Å². The number of halogens is 2. The molecule has 0 saturated carbocycles. The maximum Gasteiger partial charge on any atom is 0.359 e. The Labute approximate surface area is 120 Å². The van der Waals surface area contributed by atoms with Gasteiger partial charge in [0, 0.05) is 21.3 Å². The highest BCUT2D eigenvalue weighted by Gasteiger charge is 2.18. The highest BCUT2D eigenvalue weighted by atomic mass is 35.5. The maximum atomic E-state index is 11.8. The van der Waals surface area contributed by atoms with E-state index < -0.39 is 12.1 Å². The lowest BCUT2D eigenvalue weighted by Crippen LogP contribution is -2.10. The third-order valence-corrected chi connectivity index (χ3v) is 3.16. The van der Waals surface area contributed by atoms with E-state index in [-0.39, 0.29) is 5.69 Å². The molecule has 0 aliphatic rings. The molecular weight excluding hydrogens is 287 g/mol. The number of H-pyrrole nitrogens is 1. The van der Waals surface area contributed by atoms with E-state index in [4.69, 9.17) is 27.9 Å². The summed E-state index contributed by atoms with van der Waals surface area (Å²) in [5.74, 6) is -0.497. The van der Waals surface area contributed by atoms with Crippen LogP contribution in [0.1, 0.15) is 34.8 Å². The monoisotopic (exact) mass is 298 g/mol. The molecule has 1 atom stereocenters. The number of carbonyl (C=O) groups excluding carboxylic acids is 1. The van der Waals surface area contributed by atoms with Crippen LogP contribution in [0.15, 0.2) is 24.3 Å². The molecule has 4 nitrogen and oxygen atoms in total. The van der Waals surface area contributed by atoms with Gasteiger partial charge in [0.2, 0.25) is 0 Å². The van der Waals surface area contributed by atoms with Crippen LogP contribution in [0.2, 0.25) is 10.0 Å². The summed E-state index contributed by atoms with van der Waals surface area (Å²) in [6, 6.07) is 6.67. The largest absolute Gasteiger partial charge is 0.453 e. The van der Waals surface area contributed by atoms with Crippen molar-refractivity contribution in [3.63, 3.8) is 0 Å². The lowest BCUT2D eigenvalue weighted by atomic mass is 10.1. The van der Waals surface area contributed by atoms with Crippen molar-refractivity contribution in [1.29, 1.82) is 0 Å². The number of carbonyl (C=O) groups is 1. The lowest BCUT2D eigenvalue weighted by molar-refractivity contribution is 0.0331. The standard InChI is InChI=1S/C13H12Cl2N2O2/c1-7-5-12(17-16-7)13(18)19-8(2)10-4-3-9(14)6-11(10)15/h3-6,8H,1-2H3,(H,16,17). The van der Waals surface area contributed by atoms with Crippen LogP contribution >= 0.6 is 23.2 Å². The van der Waals surface area contributed by atoms with Crippen molar-refractivity contribution in [2.75, 3.05) is 0 Å². The maximum absolute atomic E-state index is 11.8. The lowest BCUT2D eigenvalue weighted by Gasteiger charge is -2.14. The Bertz CT molecular complexity index is 610. The van der Waals surface area contributed by atoms with Crippen molar-refractivity contribution in [2.45, 2.75) is 20.0 Å². The van der Waals surface area contributed by atoms with Gasteiger partial charge in [0.15, 0.2) is 5.69 Å². The van der Waals surface area contributed by atoms with Crippen LogP contribution < -0.4 is 0 Å². The van der Waals surface area contributed by atoms with Gasteiger partial charge in [0.25, 0.3) is 0 Å². The van der Waals surface area contributed by atoms with Gasteiger partial charge in [-0.25, -0.2) is 4.79 Å². The van der Waals surface area contributed by atoms with Crippen LogP contribution in [0, 0.1) is 6.92 Å². The number of hydrogen-bond donors (Lipinski definition) is 1. The molecule has 2 rings (SSSR count). The van der Waals surface area contributed by atoms with E-state index in [2.05, 4.69) is 10.2 Å². The number of aryl methyl sites for hydroxylation is 1. The first-order valence-electron chi connectivity index (χ1n) is 5.65. The van der Waals surface area contributed by atoms with Crippen LogP contribution in [0.5, 0.6) is 0 Å². The highest BCUT2D eigenvalue weighted by Crippen LogP contribution is 2.28. The summed E-state index contributed by atoms with van der Waals surface area (Å²) >= 11 is 11.9. The molecule has 1 aromatic carbocycles. The molecule has 6 heteroatoms. The minimum absolute atomic E-state index is 0.245. The molecule has 0 aliphatic carbocycles. The summed E-state index contributed by atoms with van der Waals surface area (Å²) in [5.41, 5.74) is 1.74. The van der Waals surface area contributed by atoms with E-state index in [1.165, 1.54) is 0 Å². The molecular formula is C13H12Cl2N2O2. The summed E-state index contributed by atoms with van der Waals surface area (Å²) in [5, 5.41) is 7.53. The third-order valence-electron chi connectivity index (χ3n) is 2.60. The van der Waals surface area contributed by atoms with Crippen LogP contribution in [0.25, 0.3) is 0 Å². The molecule has 19 heavy (non-hydrogen) atoms. The fraction of sp³-hybridized carbons (Fsp3) is 0.231. The third kappa shape index (κ3) is 3.28. The molecule has 1 heterocycles. The van der Waals surface area contributed by atoms with Gasteiger partial charge in [-0.05, 0) is 32.0 Å². The van der Waals surface area contributed by atoms with Crippen LogP contribution in [-0.2, 0) is 4.74 Å². The van der Waals surface area contributed by atoms with Gasteiger partial charge in [0.1, 0.15) is 6.10 Å². The number of hydrogen-bond acceptors (Lipinski definition) is 3.